The van der Waals surface area contributed by atoms with Crippen LogP contribution in [0.25, 0.3) is 10.9 Å². The summed E-state index contributed by atoms with van der Waals surface area (Å²) in [6.45, 7) is 1.13. The maximum absolute atomic E-state index is 13.2. The molecule has 0 spiro atoms. The Kier molecular flexibility index (Phi) is 5.35. The molecule has 2 aromatic carbocycles. The summed E-state index contributed by atoms with van der Waals surface area (Å²) in [5.74, 6) is 0.553. The van der Waals surface area contributed by atoms with E-state index in [2.05, 4.69) is 15.5 Å². The minimum absolute atomic E-state index is 0.122. The number of methoxy groups -OCH3 is 1. The van der Waals surface area contributed by atoms with E-state index in [1.807, 2.05) is 0 Å². The highest BCUT2D eigenvalue weighted by molar-refractivity contribution is 5.93. The fourth-order valence-electron chi connectivity index (χ4n) is 3.28. The van der Waals surface area contributed by atoms with Gasteiger partial charge in [0.25, 0.3) is 5.56 Å². The molecule has 0 aliphatic rings. The quantitative estimate of drug-likeness (QED) is 0.501. The Balaban J connectivity index is 1.75. The van der Waals surface area contributed by atoms with E-state index in [1.165, 1.54) is 11.7 Å². The second kappa shape index (κ2) is 8.27. The van der Waals surface area contributed by atoms with Crippen molar-refractivity contribution >= 4 is 22.5 Å². The highest BCUT2D eigenvalue weighted by Gasteiger charge is 2.18. The van der Waals surface area contributed by atoms with Crippen LogP contribution in [-0.2, 0) is 17.9 Å². The zero-order valence-corrected chi connectivity index (χ0v) is 16.9. The van der Waals surface area contributed by atoms with Crippen molar-refractivity contribution in [2.24, 2.45) is 0 Å². The van der Waals surface area contributed by atoms with Gasteiger partial charge in [-0.05, 0) is 31.2 Å². The van der Waals surface area contributed by atoms with Crippen molar-refractivity contribution in [3.05, 3.63) is 81.1 Å². The van der Waals surface area contributed by atoms with Crippen LogP contribution in [0.1, 0.15) is 11.7 Å². The van der Waals surface area contributed by atoms with E-state index in [0.717, 1.165) is 4.57 Å². The third-order valence-electron chi connectivity index (χ3n) is 4.68. The molecule has 4 aromatic rings. The van der Waals surface area contributed by atoms with E-state index in [4.69, 9.17) is 9.26 Å². The molecule has 158 valence electrons. The van der Waals surface area contributed by atoms with Crippen LogP contribution in [0.15, 0.2) is 62.6 Å². The number of aromatic nitrogens is 4. The van der Waals surface area contributed by atoms with Gasteiger partial charge in [0.1, 0.15) is 18.8 Å². The molecule has 10 heteroatoms. The number of aryl methyl sites for hydroxylation is 1. The summed E-state index contributed by atoms with van der Waals surface area (Å²) in [6.07, 6.45) is 0. The summed E-state index contributed by atoms with van der Waals surface area (Å²) in [4.78, 5) is 42.9. The van der Waals surface area contributed by atoms with E-state index in [1.54, 1.807) is 55.5 Å². The average Bonchev–Trinajstić information content (AvgIpc) is 3.19. The van der Waals surface area contributed by atoms with Gasteiger partial charge in [0, 0.05) is 0 Å². The highest BCUT2D eigenvalue weighted by Crippen LogP contribution is 2.23. The number of benzene rings is 2. The van der Waals surface area contributed by atoms with E-state index < -0.39 is 17.2 Å². The van der Waals surface area contributed by atoms with Gasteiger partial charge in [0.05, 0.1) is 23.7 Å². The second-order valence-electron chi connectivity index (χ2n) is 6.76. The molecule has 0 saturated carbocycles. The standard InChI is InChI=1S/C21H19N5O5/c1-13-22-19(31-24-13)12-26-20(28)14-7-3-5-9-16(14)25(21(26)29)11-18(27)23-15-8-4-6-10-17(15)30-2/h3-10H,11-12H2,1-2H3,(H,23,27). The predicted molar refractivity (Wildman–Crippen MR) is 112 cm³/mol. The molecule has 4 rings (SSSR count). The van der Waals surface area contributed by atoms with Crippen LogP contribution < -0.4 is 21.3 Å². The Morgan fingerprint density at radius 3 is 2.58 bits per heavy atom. The van der Waals surface area contributed by atoms with E-state index in [-0.39, 0.29) is 19.0 Å². The monoisotopic (exact) mass is 421 g/mol. The van der Waals surface area contributed by atoms with Crippen molar-refractivity contribution in [2.45, 2.75) is 20.0 Å². The van der Waals surface area contributed by atoms with E-state index >= 15 is 0 Å². The molecule has 0 unspecified atom stereocenters. The van der Waals surface area contributed by atoms with Gasteiger partial charge in [0.2, 0.25) is 11.8 Å². The second-order valence-corrected chi connectivity index (χ2v) is 6.76. The number of carbonyl (C=O) groups is 1. The summed E-state index contributed by atoms with van der Waals surface area (Å²) in [5.41, 5.74) is -0.333. The lowest BCUT2D eigenvalue weighted by molar-refractivity contribution is -0.116. The Labute approximate surface area is 175 Å². The van der Waals surface area contributed by atoms with Crippen molar-refractivity contribution in [1.82, 2.24) is 19.3 Å². The van der Waals surface area contributed by atoms with Gasteiger partial charge in [-0.25, -0.2) is 4.79 Å². The van der Waals surface area contributed by atoms with Gasteiger partial charge < -0.3 is 14.6 Å². The fraction of sp³-hybridized carbons (Fsp3) is 0.190. The topological polar surface area (TPSA) is 121 Å². The largest absolute Gasteiger partial charge is 0.495 e. The molecule has 31 heavy (non-hydrogen) atoms. The predicted octanol–water partition coefficient (Wildman–Crippen LogP) is 1.55. The van der Waals surface area contributed by atoms with E-state index in [9.17, 15) is 14.4 Å². The first-order chi connectivity index (χ1) is 15.0. The summed E-state index contributed by atoms with van der Waals surface area (Å²) in [6, 6.07) is 13.5. The molecule has 1 amide bonds. The van der Waals surface area contributed by atoms with Crippen LogP contribution >= 0.6 is 0 Å². The highest BCUT2D eigenvalue weighted by atomic mass is 16.5. The third-order valence-corrected chi connectivity index (χ3v) is 4.68. The number of para-hydroxylation sites is 3. The van der Waals surface area contributed by atoms with Crippen LogP contribution in [0.3, 0.4) is 0 Å². The van der Waals surface area contributed by atoms with E-state index in [0.29, 0.717) is 28.2 Å². The number of amides is 1. The van der Waals surface area contributed by atoms with Crippen molar-refractivity contribution in [3.63, 3.8) is 0 Å². The molecule has 0 saturated heterocycles. The maximum Gasteiger partial charge on any atom is 0.332 e. The first-order valence-electron chi connectivity index (χ1n) is 9.42. The molecular weight excluding hydrogens is 402 g/mol. The van der Waals surface area contributed by atoms with Crippen molar-refractivity contribution < 1.29 is 14.1 Å². The first kappa shape index (κ1) is 20.1. The number of hydrogen-bond donors (Lipinski definition) is 1. The van der Waals surface area contributed by atoms with Gasteiger partial charge >= 0.3 is 5.69 Å². The van der Waals surface area contributed by atoms with Crippen LogP contribution in [-0.4, -0.2) is 32.3 Å². The minimum Gasteiger partial charge on any atom is -0.495 e. The number of ether oxygens (including phenoxy) is 1. The molecule has 0 radical (unpaired) electrons. The minimum atomic E-state index is -0.658. The number of fused-ring (bicyclic) bond motifs is 1. The molecule has 10 nitrogen and oxygen atoms in total. The van der Waals surface area contributed by atoms with Crippen molar-refractivity contribution in [1.29, 1.82) is 0 Å². The lowest BCUT2D eigenvalue weighted by Gasteiger charge is -2.14. The maximum atomic E-state index is 13.2. The number of rotatable bonds is 6. The van der Waals surface area contributed by atoms with Crippen LogP contribution in [0.2, 0.25) is 0 Å². The van der Waals surface area contributed by atoms with Gasteiger partial charge in [-0.2, -0.15) is 4.98 Å². The van der Waals surface area contributed by atoms with Gasteiger partial charge in [-0.15, -0.1) is 0 Å². The average molecular weight is 421 g/mol. The third kappa shape index (κ3) is 3.95. The first-order valence-corrected chi connectivity index (χ1v) is 9.42. The zero-order chi connectivity index (χ0) is 22.0. The number of nitrogens with zero attached hydrogens (tertiary/aromatic N) is 4. The molecule has 0 fully saturated rings. The van der Waals surface area contributed by atoms with Crippen LogP contribution in [0, 0.1) is 6.92 Å². The number of carbonyl (C=O) groups excluding carboxylic acids is 1. The van der Waals surface area contributed by atoms with Gasteiger partial charge in [-0.3, -0.25) is 18.7 Å². The summed E-state index contributed by atoms with van der Waals surface area (Å²) in [7, 11) is 1.50. The summed E-state index contributed by atoms with van der Waals surface area (Å²) >= 11 is 0. The lowest BCUT2D eigenvalue weighted by atomic mass is 10.2. The normalized spacial score (nSPS) is 10.9. The van der Waals surface area contributed by atoms with Crippen LogP contribution in [0.5, 0.6) is 5.75 Å². The lowest BCUT2D eigenvalue weighted by Crippen LogP contribution is -2.42. The molecule has 0 bridgehead atoms. The Hall–Kier alpha value is -4.21. The number of hydrogen-bond acceptors (Lipinski definition) is 7. The molecule has 0 aliphatic carbocycles. The molecule has 2 heterocycles. The zero-order valence-electron chi connectivity index (χ0n) is 16.9. The molecule has 0 atom stereocenters. The Bertz CT molecular complexity index is 1380. The summed E-state index contributed by atoms with van der Waals surface area (Å²) in [5, 5.41) is 6.71. The van der Waals surface area contributed by atoms with Crippen molar-refractivity contribution in [3.8, 4) is 5.75 Å². The van der Waals surface area contributed by atoms with Gasteiger partial charge in [0.15, 0.2) is 5.82 Å². The fourth-order valence-corrected chi connectivity index (χ4v) is 3.28. The smallest absolute Gasteiger partial charge is 0.332 e. The molecule has 0 aliphatic heterocycles. The molecular formula is C21H19N5O5. The Morgan fingerprint density at radius 2 is 1.84 bits per heavy atom. The molecule has 2 aromatic heterocycles. The molecule has 1 N–H and O–H groups in total. The van der Waals surface area contributed by atoms with Crippen molar-refractivity contribution in [2.75, 3.05) is 12.4 Å². The number of nitrogens with one attached hydrogen (secondary N) is 1. The summed E-state index contributed by atoms with van der Waals surface area (Å²) < 4.78 is 12.5. The van der Waals surface area contributed by atoms with Gasteiger partial charge in [-0.1, -0.05) is 29.4 Å². The number of anilines is 1. The SMILES string of the molecule is COc1ccccc1NC(=O)Cn1c(=O)n(Cc2nc(C)no2)c(=O)c2ccccc21. The van der Waals surface area contributed by atoms with Crippen LogP contribution in [0.4, 0.5) is 5.69 Å². The Morgan fingerprint density at radius 1 is 1.10 bits per heavy atom.